The Morgan fingerprint density at radius 2 is 2.04 bits per heavy atom. The number of anilines is 1. The Labute approximate surface area is 135 Å². The summed E-state index contributed by atoms with van der Waals surface area (Å²) in [4.78, 5) is 16.2. The number of aliphatic hydroxyl groups excluding tert-OH is 1. The molecule has 1 unspecified atom stereocenters. The van der Waals surface area contributed by atoms with E-state index in [0.29, 0.717) is 18.2 Å². The molecule has 0 spiro atoms. The lowest BCUT2D eigenvalue weighted by Gasteiger charge is -2.14. The summed E-state index contributed by atoms with van der Waals surface area (Å²) in [6.07, 6.45) is 0.950. The third-order valence-electron chi connectivity index (χ3n) is 3.14. The molecule has 6 nitrogen and oxygen atoms in total. The zero-order valence-electron chi connectivity index (χ0n) is 13.5. The van der Waals surface area contributed by atoms with Crippen molar-refractivity contribution in [3.05, 3.63) is 36.5 Å². The van der Waals surface area contributed by atoms with Gasteiger partial charge in [0.25, 0.3) is 0 Å². The van der Waals surface area contributed by atoms with E-state index in [-0.39, 0.29) is 19.2 Å². The second kappa shape index (κ2) is 8.45. The predicted octanol–water partition coefficient (Wildman–Crippen LogP) is 2.39. The van der Waals surface area contributed by atoms with Crippen LogP contribution in [0.25, 0.3) is 10.9 Å². The normalized spacial score (nSPS) is 12.3. The Balaban J connectivity index is 1.82. The van der Waals surface area contributed by atoms with Crippen molar-refractivity contribution >= 4 is 22.6 Å². The molecule has 0 fully saturated rings. The number of para-hydroxylation sites is 1. The molecule has 0 saturated carbocycles. The number of fused-ring (bicyclic) bond motifs is 1. The molecule has 0 aliphatic heterocycles. The maximum Gasteiger partial charge on any atom is 0.319 e. The summed E-state index contributed by atoms with van der Waals surface area (Å²) >= 11 is 0. The van der Waals surface area contributed by atoms with Gasteiger partial charge in [0.15, 0.2) is 0 Å². The summed E-state index contributed by atoms with van der Waals surface area (Å²) in [6.45, 7) is 4.99. The number of nitrogens with zero attached hydrogens (tertiary/aromatic N) is 1. The van der Waals surface area contributed by atoms with E-state index in [9.17, 15) is 9.90 Å². The van der Waals surface area contributed by atoms with Crippen LogP contribution in [-0.2, 0) is 4.74 Å². The van der Waals surface area contributed by atoms with Crippen molar-refractivity contribution in [1.82, 2.24) is 10.3 Å². The highest BCUT2D eigenvalue weighted by Gasteiger charge is 2.09. The van der Waals surface area contributed by atoms with Gasteiger partial charge in [-0.05, 0) is 18.1 Å². The number of pyridine rings is 1. The molecule has 2 amide bonds. The van der Waals surface area contributed by atoms with Crippen LogP contribution in [0.5, 0.6) is 0 Å². The first-order valence-electron chi connectivity index (χ1n) is 7.70. The molecule has 1 atom stereocenters. The summed E-state index contributed by atoms with van der Waals surface area (Å²) in [7, 11) is 0. The Morgan fingerprint density at radius 3 is 2.83 bits per heavy atom. The second-order valence-corrected chi connectivity index (χ2v) is 5.80. The predicted molar refractivity (Wildman–Crippen MR) is 90.4 cm³/mol. The Kier molecular flexibility index (Phi) is 6.31. The topological polar surface area (TPSA) is 83.5 Å². The molecule has 0 aliphatic carbocycles. The van der Waals surface area contributed by atoms with Crippen molar-refractivity contribution in [1.29, 1.82) is 0 Å². The highest BCUT2D eigenvalue weighted by atomic mass is 16.5. The van der Waals surface area contributed by atoms with Crippen LogP contribution in [-0.4, -0.2) is 42.0 Å². The Bertz CT molecular complexity index is 641. The lowest BCUT2D eigenvalue weighted by atomic mass is 10.2. The van der Waals surface area contributed by atoms with Crippen molar-refractivity contribution in [3.8, 4) is 0 Å². The number of nitrogens with one attached hydrogen (secondary N) is 2. The first kappa shape index (κ1) is 17.2. The molecule has 3 N–H and O–H groups in total. The van der Waals surface area contributed by atoms with Crippen molar-refractivity contribution in [2.45, 2.75) is 20.0 Å². The summed E-state index contributed by atoms with van der Waals surface area (Å²) in [5.74, 6) is 0.414. The number of ether oxygens (including phenoxy) is 1. The number of rotatable bonds is 7. The van der Waals surface area contributed by atoms with Gasteiger partial charge in [0.2, 0.25) is 0 Å². The lowest BCUT2D eigenvalue weighted by molar-refractivity contribution is 0.0274. The fourth-order valence-electron chi connectivity index (χ4n) is 2.08. The average Bonchev–Trinajstić information content (AvgIpc) is 2.53. The molecule has 124 valence electrons. The minimum atomic E-state index is -0.731. The fraction of sp³-hybridized carbons (Fsp3) is 0.412. The maximum atomic E-state index is 11.9. The van der Waals surface area contributed by atoms with Gasteiger partial charge in [-0.15, -0.1) is 0 Å². The van der Waals surface area contributed by atoms with Gasteiger partial charge in [-0.25, -0.2) is 4.79 Å². The third-order valence-corrected chi connectivity index (χ3v) is 3.14. The molecule has 1 aromatic carbocycles. The van der Waals surface area contributed by atoms with Crippen molar-refractivity contribution in [2.24, 2.45) is 5.92 Å². The van der Waals surface area contributed by atoms with Gasteiger partial charge in [-0.1, -0.05) is 32.0 Å². The molecule has 0 aliphatic rings. The number of hydrogen-bond donors (Lipinski definition) is 3. The van der Waals surface area contributed by atoms with E-state index in [1.165, 1.54) is 0 Å². The largest absolute Gasteiger partial charge is 0.389 e. The van der Waals surface area contributed by atoms with Gasteiger partial charge in [0.1, 0.15) is 0 Å². The molecular formula is C17H23N3O3. The van der Waals surface area contributed by atoms with Crippen molar-refractivity contribution in [3.63, 3.8) is 0 Å². The van der Waals surface area contributed by atoms with Gasteiger partial charge in [0, 0.05) is 24.7 Å². The highest BCUT2D eigenvalue weighted by molar-refractivity contribution is 5.99. The minimum Gasteiger partial charge on any atom is -0.389 e. The van der Waals surface area contributed by atoms with E-state index in [4.69, 9.17) is 4.74 Å². The number of carbonyl (C=O) groups is 1. The molecule has 1 aromatic heterocycles. The summed E-state index contributed by atoms with van der Waals surface area (Å²) in [5.41, 5.74) is 1.36. The number of urea groups is 1. The van der Waals surface area contributed by atoms with Gasteiger partial charge < -0.3 is 20.5 Å². The summed E-state index contributed by atoms with van der Waals surface area (Å²) in [5, 5.41) is 16.1. The van der Waals surface area contributed by atoms with Crippen LogP contribution in [0.15, 0.2) is 36.5 Å². The standard InChI is InChI=1S/C17H23N3O3/c1-12(2)10-23-11-14(21)9-19-17(22)20-15-7-3-5-13-6-4-8-18-16(13)15/h3-8,12,14,21H,9-11H2,1-2H3,(H2,19,20,22). The van der Waals surface area contributed by atoms with Crippen LogP contribution >= 0.6 is 0 Å². The summed E-state index contributed by atoms with van der Waals surface area (Å²) < 4.78 is 5.33. The van der Waals surface area contributed by atoms with E-state index in [1.807, 2.05) is 38.1 Å². The van der Waals surface area contributed by atoms with Gasteiger partial charge in [0.05, 0.1) is 23.9 Å². The first-order valence-corrected chi connectivity index (χ1v) is 7.70. The van der Waals surface area contributed by atoms with E-state index in [1.54, 1.807) is 12.3 Å². The molecule has 2 rings (SSSR count). The number of amides is 2. The zero-order chi connectivity index (χ0) is 16.7. The SMILES string of the molecule is CC(C)COCC(O)CNC(=O)Nc1cccc2cccnc12. The van der Waals surface area contributed by atoms with Crippen LogP contribution in [0, 0.1) is 5.92 Å². The molecule has 0 bridgehead atoms. The smallest absolute Gasteiger partial charge is 0.319 e. The fourth-order valence-corrected chi connectivity index (χ4v) is 2.08. The first-order chi connectivity index (χ1) is 11.1. The van der Waals surface area contributed by atoms with Gasteiger partial charge in [-0.2, -0.15) is 0 Å². The van der Waals surface area contributed by atoms with Gasteiger partial charge in [-0.3, -0.25) is 4.98 Å². The molecule has 6 heteroatoms. The molecule has 0 saturated heterocycles. The van der Waals surface area contributed by atoms with Crippen LogP contribution in [0.1, 0.15) is 13.8 Å². The number of aromatic nitrogens is 1. The van der Waals surface area contributed by atoms with Crippen molar-refractivity contribution in [2.75, 3.05) is 25.1 Å². The Morgan fingerprint density at radius 1 is 1.26 bits per heavy atom. The number of carbonyl (C=O) groups excluding carboxylic acids is 1. The zero-order valence-corrected chi connectivity index (χ0v) is 13.5. The number of benzene rings is 1. The Hall–Kier alpha value is -2.18. The quantitative estimate of drug-likeness (QED) is 0.732. The van der Waals surface area contributed by atoms with Crippen LogP contribution in [0.3, 0.4) is 0 Å². The van der Waals surface area contributed by atoms with E-state index < -0.39 is 6.10 Å². The maximum absolute atomic E-state index is 11.9. The molecule has 0 radical (unpaired) electrons. The van der Waals surface area contributed by atoms with E-state index in [2.05, 4.69) is 15.6 Å². The van der Waals surface area contributed by atoms with Crippen LogP contribution < -0.4 is 10.6 Å². The van der Waals surface area contributed by atoms with Gasteiger partial charge >= 0.3 is 6.03 Å². The molecule has 1 heterocycles. The third kappa shape index (κ3) is 5.50. The van der Waals surface area contributed by atoms with Crippen LogP contribution in [0.2, 0.25) is 0 Å². The highest BCUT2D eigenvalue weighted by Crippen LogP contribution is 2.20. The van der Waals surface area contributed by atoms with E-state index >= 15 is 0 Å². The number of aliphatic hydroxyl groups is 1. The van der Waals surface area contributed by atoms with Crippen molar-refractivity contribution < 1.29 is 14.6 Å². The van der Waals surface area contributed by atoms with Crippen LogP contribution in [0.4, 0.5) is 10.5 Å². The lowest BCUT2D eigenvalue weighted by Crippen LogP contribution is -2.37. The van der Waals surface area contributed by atoms with E-state index in [0.717, 1.165) is 10.9 Å². The monoisotopic (exact) mass is 317 g/mol. The molecule has 2 aromatic rings. The minimum absolute atomic E-state index is 0.127. The summed E-state index contributed by atoms with van der Waals surface area (Å²) in [6, 6.07) is 8.97. The average molecular weight is 317 g/mol. The number of hydrogen-bond acceptors (Lipinski definition) is 4. The second-order valence-electron chi connectivity index (χ2n) is 5.80. The molecule has 23 heavy (non-hydrogen) atoms. The molecular weight excluding hydrogens is 294 g/mol.